The van der Waals surface area contributed by atoms with E-state index in [4.69, 9.17) is 21.1 Å². The molecule has 0 bridgehead atoms. The van der Waals surface area contributed by atoms with Gasteiger partial charge in [0.05, 0.1) is 7.11 Å². The maximum atomic E-state index is 12.0. The van der Waals surface area contributed by atoms with Crippen LogP contribution in [0.15, 0.2) is 47.6 Å². The Bertz CT molecular complexity index is 966. The number of thioether (sulfide) groups is 1. The molecule has 2 amide bonds. The highest BCUT2D eigenvalue weighted by Crippen LogP contribution is 2.41. The summed E-state index contributed by atoms with van der Waals surface area (Å²) in [7, 11) is 1.55. The van der Waals surface area contributed by atoms with Crippen LogP contribution in [0.2, 0.25) is 5.02 Å². The van der Waals surface area contributed by atoms with E-state index < -0.39 is 5.37 Å². The van der Waals surface area contributed by atoms with Gasteiger partial charge in [0.1, 0.15) is 12.0 Å². The van der Waals surface area contributed by atoms with Gasteiger partial charge in [-0.3, -0.25) is 9.59 Å². The molecule has 0 fully saturated rings. The molecule has 0 spiro atoms. The number of amides is 2. The number of amidine groups is 1. The highest BCUT2D eigenvalue weighted by Gasteiger charge is 2.32. The SMILES string of the molecule is COc1cc([C@H]2SC(NC(C)=O)=NN2C(C)=O)ccc1OCc1ccccc1Cl. The van der Waals surface area contributed by atoms with Crippen molar-refractivity contribution in [1.82, 2.24) is 10.3 Å². The van der Waals surface area contributed by atoms with E-state index in [2.05, 4.69) is 10.4 Å². The standard InChI is InChI=1S/C20H20ClN3O4S/c1-12(25)22-20-23-24(13(2)26)19(29-20)14-8-9-17(18(10-14)27-3)28-11-15-6-4-5-7-16(15)21/h4-10,19H,11H2,1-3H3,(H,22,23,25)/t19-/m1/s1. The second-order valence-electron chi connectivity index (χ2n) is 6.21. The third-order valence-electron chi connectivity index (χ3n) is 4.06. The molecule has 0 saturated heterocycles. The van der Waals surface area contributed by atoms with Gasteiger partial charge in [0, 0.05) is 24.4 Å². The van der Waals surface area contributed by atoms with Crippen molar-refractivity contribution in [2.75, 3.05) is 7.11 Å². The van der Waals surface area contributed by atoms with Crippen LogP contribution in [0.5, 0.6) is 11.5 Å². The third kappa shape index (κ3) is 5.02. The average Bonchev–Trinajstić information content (AvgIpc) is 3.10. The first-order chi connectivity index (χ1) is 13.9. The van der Waals surface area contributed by atoms with E-state index in [0.29, 0.717) is 28.3 Å². The van der Waals surface area contributed by atoms with Crippen LogP contribution < -0.4 is 14.8 Å². The van der Waals surface area contributed by atoms with E-state index in [9.17, 15) is 9.59 Å². The van der Waals surface area contributed by atoms with Crippen LogP contribution in [0.3, 0.4) is 0 Å². The molecule has 2 aromatic carbocycles. The topological polar surface area (TPSA) is 80.2 Å². The summed E-state index contributed by atoms with van der Waals surface area (Å²) in [5.74, 6) is 0.588. The van der Waals surface area contributed by atoms with E-state index in [0.717, 1.165) is 11.1 Å². The highest BCUT2D eigenvalue weighted by atomic mass is 35.5. The minimum Gasteiger partial charge on any atom is -0.493 e. The van der Waals surface area contributed by atoms with Gasteiger partial charge in [-0.15, -0.1) is 5.10 Å². The Kier molecular flexibility index (Phi) is 6.66. The van der Waals surface area contributed by atoms with Gasteiger partial charge >= 0.3 is 0 Å². The number of hydrogen-bond donors (Lipinski definition) is 1. The van der Waals surface area contributed by atoms with Gasteiger partial charge in [-0.2, -0.15) is 0 Å². The first kappa shape index (κ1) is 21.0. The number of nitrogens with one attached hydrogen (secondary N) is 1. The Hall–Kier alpha value is -2.71. The van der Waals surface area contributed by atoms with E-state index in [1.165, 1.54) is 30.6 Å². The minimum absolute atomic E-state index is 0.235. The molecule has 1 aliphatic rings. The van der Waals surface area contributed by atoms with E-state index in [1.807, 2.05) is 24.3 Å². The van der Waals surface area contributed by atoms with Gasteiger partial charge in [0.2, 0.25) is 11.8 Å². The Morgan fingerprint density at radius 1 is 1.21 bits per heavy atom. The van der Waals surface area contributed by atoms with Crippen molar-refractivity contribution in [2.24, 2.45) is 5.10 Å². The van der Waals surface area contributed by atoms with E-state index in [-0.39, 0.29) is 11.8 Å². The Labute approximate surface area is 178 Å². The zero-order valence-corrected chi connectivity index (χ0v) is 17.7. The zero-order chi connectivity index (χ0) is 21.0. The van der Waals surface area contributed by atoms with Gasteiger partial charge in [-0.05, 0) is 23.8 Å². The lowest BCUT2D eigenvalue weighted by Gasteiger charge is -2.20. The molecule has 0 saturated carbocycles. The largest absolute Gasteiger partial charge is 0.493 e. The summed E-state index contributed by atoms with van der Waals surface area (Å²) in [6.45, 7) is 3.11. The number of carbonyl (C=O) groups is 2. The van der Waals surface area contributed by atoms with Crippen LogP contribution in [-0.2, 0) is 16.2 Å². The fraction of sp³-hybridized carbons (Fsp3) is 0.250. The lowest BCUT2D eigenvalue weighted by atomic mass is 10.2. The number of carbonyl (C=O) groups excluding carboxylic acids is 2. The molecular weight excluding hydrogens is 414 g/mol. The minimum atomic E-state index is -0.416. The van der Waals surface area contributed by atoms with Crippen molar-refractivity contribution in [2.45, 2.75) is 25.8 Å². The number of benzene rings is 2. The lowest BCUT2D eigenvalue weighted by Crippen LogP contribution is -2.25. The smallest absolute Gasteiger partial charge is 0.241 e. The van der Waals surface area contributed by atoms with E-state index >= 15 is 0 Å². The summed E-state index contributed by atoms with van der Waals surface area (Å²) in [6, 6.07) is 12.9. The predicted molar refractivity (Wildman–Crippen MR) is 113 cm³/mol. The highest BCUT2D eigenvalue weighted by molar-refractivity contribution is 8.14. The summed E-state index contributed by atoms with van der Waals surface area (Å²) in [5.41, 5.74) is 1.65. The maximum absolute atomic E-state index is 12.0. The third-order valence-corrected chi connectivity index (χ3v) is 5.53. The lowest BCUT2D eigenvalue weighted by molar-refractivity contribution is -0.129. The molecule has 29 heavy (non-hydrogen) atoms. The number of rotatable bonds is 5. The molecule has 0 unspecified atom stereocenters. The molecule has 1 atom stereocenters. The summed E-state index contributed by atoms with van der Waals surface area (Å²) < 4.78 is 11.4. The van der Waals surface area contributed by atoms with Crippen LogP contribution in [0.4, 0.5) is 0 Å². The molecule has 0 aromatic heterocycles. The van der Waals surface area contributed by atoms with Crippen molar-refractivity contribution >= 4 is 40.3 Å². The van der Waals surface area contributed by atoms with Crippen LogP contribution in [-0.4, -0.2) is 29.1 Å². The van der Waals surface area contributed by atoms with Gasteiger partial charge in [-0.1, -0.05) is 47.6 Å². The Morgan fingerprint density at radius 2 is 1.97 bits per heavy atom. The normalized spacial score (nSPS) is 15.7. The monoisotopic (exact) mass is 433 g/mol. The van der Waals surface area contributed by atoms with Crippen LogP contribution in [0.1, 0.15) is 30.3 Å². The molecular formula is C20H20ClN3O4S. The van der Waals surface area contributed by atoms with Crippen molar-refractivity contribution in [1.29, 1.82) is 0 Å². The summed E-state index contributed by atoms with van der Waals surface area (Å²) in [5, 5.41) is 8.73. The molecule has 9 heteroatoms. The van der Waals surface area contributed by atoms with Crippen molar-refractivity contribution < 1.29 is 19.1 Å². The number of hydrazone groups is 1. The number of ether oxygens (including phenoxy) is 2. The second kappa shape index (κ2) is 9.19. The molecule has 0 radical (unpaired) electrons. The number of halogens is 1. The summed E-state index contributed by atoms with van der Waals surface area (Å²) in [6.07, 6.45) is 0. The first-order valence-electron chi connectivity index (χ1n) is 8.76. The number of methoxy groups -OCH3 is 1. The Balaban J connectivity index is 1.80. The zero-order valence-electron chi connectivity index (χ0n) is 16.1. The van der Waals surface area contributed by atoms with Gasteiger partial charge in [0.15, 0.2) is 16.7 Å². The van der Waals surface area contributed by atoms with Crippen molar-refractivity contribution in [3.63, 3.8) is 0 Å². The number of hydrogen-bond acceptors (Lipinski definition) is 6. The quantitative estimate of drug-likeness (QED) is 0.772. The average molecular weight is 434 g/mol. The fourth-order valence-corrected chi connectivity index (χ4v) is 4.02. The van der Waals surface area contributed by atoms with Gasteiger partial charge in [0.25, 0.3) is 0 Å². The molecule has 2 aromatic rings. The molecule has 3 rings (SSSR count). The first-order valence-corrected chi connectivity index (χ1v) is 10.0. The maximum Gasteiger partial charge on any atom is 0.241 e. The Morgan fingerprint density at radius 3 is 2.62 bits per heavy atom. The van der Waals surface area contributed by atoms with Crippen molar-refractivity contribution in [3.8, 4) is 11.5 Å². The molecule has 7 nitrogen and oxygen atoms in total. The number of nitrogens with zero attached hydrogens (tertiary/aromatic N) is 2. The van der Waals surface area contributed by atoms with Crippen molar-refractivity contribution in [3.05, 3.63) is 58.6 Å². The molecule has 0 aliphatic carbocycles. The molecule has 1 aliphatic heterocycles. The van der Waals surface area contributed by atoms with Crippen LogP contribution in [0.25, 0.3) is 0 Å². The molecule has 1 N–H and O–H groups in total. The summed E-state index contributed by atoms with van der Waals surface area (Å²) in [4.78, 5) is 23.3. The van der Waals surface area contributed by atoms with E-state index in [1.54, 1.807) is 25.3 Å². The second-order valence-corrected chi connectivity index (χ2v) is 7.69. The van der Waals surface area contributed by atoms with Crippen LogP contribution >= 0.6 is 23.4 Å². The molecule has 1 heterocycles. The van der Waals surface area contributed by atoms with Gasteiger partial charge < -0.3 is 14.8 Å². The molecule has 152 valence electrons. The van der Waals surface area contributed by atoms with Gasteiger partial charge in [-0.25, -0.2) is 5.01 Å². The fourth-order valence-electron chi connectivity index (χ4n) is 2.71. The summed E-state index contributed by atoms with van der Waals surface area (Å²) >= 11 is 7.45. The van der Waals surface area contributed by atoms with Crippen LogP contribution in [0, 0.1) is 0 Å². The predicted octanol–water partition coefficient (Wildman–Crippen LogP) is 3.93.